The second-order valence-electron chi connectivity index (χ2n) is 24.9. The number of ether oxygens (including phenoxy) is 3. The summed E-state index contributed by atoms with van der Waals surface area (Å²) < 4.78 is 17.0. The molecule has 0 spiro atoms. The molecule has 0 aromatic heterocycles. The van der Waals surface area contributed by atoms with Crippen LogP contribution in [0.4, 0.5) is 0 Å². The predicted molar refractivity (Wildman–Crippen MR) is 349 cm³/mol. The molecular formula is C74H140O6. The zero-order valence-electron chi connectivity index (χ0n) is 54.4. The van der Waals surface area contributed by atoms with E-state index in [0.29, 0.717) is 19.3 Å². The van der Waals surface area contributed by atoms with Crippen molar-refractivity contribution in [3.05, 3.63) is 24.3 Å². The first kappa shape index (κ1) is 77.9. The molecule has 6 nitrogen and oxygen atoms in total. The molecule has 1 atom stereocenters. The van der Waals surface area contributed by atoms with Gasteiger partial charge in [0.25, 0.3) is 0 Å². The Labute approximate surface area is 500 Å². The molecular weight excluding hydrogens is 985 g/mol. The molecule has 0 aliphatic rings. The smallest absolute Gasteiger partial charge is 0.306 e. The van der Waals surface area contributed by atoms with E-state index in [1.165, 1.54) is 308 Å². The van der Waals surface area contributed by atoms with Gasteiger partial charge in [0.1, 0.15) is 13.2 Å². The fourth-order valence-corrected chi connectivity index (χ4v) is 11.2. The van der Waals surface area contributed by atoms with Crippen molar-refractivity contribution in [1.82, 2.24) is 0 Å². The monoisotopic (exact) mass is 1130 g/mol. The lowest BCUT2D eigenvalue weighted by atomic mass is 10.0. The number of carbonyl (C=O) groups is 3. The second-order valence-corrected chi connectivity index (χ2v) is 24.9. The van der Waals surface area contributed by atoms with Gasteiger partial charge in [-0.1, -0.05) is 347 Å². The standard InChI is InChI=1S/C74H140O6/c1-4-7-10-13-16-19-22-25-27-29-30-31-32-33-34-35-36-37-38-39-40-41-42-43-44-45-47-49-52-55-58-61-64-67-73(76)79-70-71(69-78-72(75)66-63-60-57-54-51-48-24-21-18-15-12-9-6-3)80-74(77)68-65-62-59-56-53-50-46-28-26-23-20-17-14-11-8-5-2/h21,24,29-30,71H,4-20,22-23,25-28,31-70H2,1-3H3/b24-21-,30-29-. The largest absolute Gasteiger partial charge is 0.462 e. The van der Waals surface area contributed by atoms with Gasteiger partial charge in [-0.3, -0.25) is 14.4 Å². The van der Waals surface area contributed by atoms with Crippen molar-refractivity contribution in [3.63, 3.8) is 0 Å². The van der Waals surface area contributed by atoms with Gasteiger partial charge < -0.3 is 14.2 Å². The minimum absolute atomic E-state index is 0.0671. The van der Waals surface area contributed by atoms with Crippen molar-refractivity contribution < 1.29 is 28.6 Å². The summed E-state index contributed by atoms with van der Waals surface area (Å²) in [7, 11) is 0. The van der Waals surface area contributed by atoms with Crippen molar-refractivity contribution in [2.45, 2.75) is 419 Å². The third-order valence-electron chi connectivity index (χ3n) is 16.7. The van der Waals surface area contributed by atoms with Crippen molar-refractivity contribution in [2.75, 3.05) is 13.2 Å². The van der Waals surface area contributed by atoms with E-state index in [1.807, 2.05) is 0 Å². The van der Waals surface area contributed by atoms with Crippen molar-refractivity contribution >= 4 is 17.9 Å². The number of hydrogen-bond acceptors (Lipinski definition) is 6. The van der Waals surface area contributed by atoms with E-state index in [1.54, 1.807) is 0 Å². The topological polar surface area (TPSA) is 78.9 Å². The quantitative estimate of drug-likeness (QED) is 0.0261. The van der Waals surface area contributed by atoms with Gasteiger partial charge in [-0.25, -0.2) is 0 Å². The Bertz CT molecular complexity index is 1290. The second kappa shape index (κ2) is 69.4. The van der Waals surface area contributed by atoms with Gasteiger partial charge in [-0.05, 0) is 70.6 Å². The first-order valence-electron chi connectivity index (χ1n) is 36.3. The normalized spacial score (nSPS) is 12.1. The summed E-state index contributed by atoms with van der Waals surface area (Å²) in [5.41, 5.74) is 0. The average molecular weight is 1130 g/mol. The van der Waals surface area contributed by atoms with E-state index in [0.717, 1.165) is 64.2 Å². The summed E-state index contributed by atoms with van der Waals surface area (Å²) in [5.74, 6) is -0.845. The lowest BCUT2D eigenvalue weighted by molar-refractivity contribution is -0.167. The maximum Gasteiger partial charge on any atom is 0.306 e. The predicted octanol–water partition coefficient (Wildman–Crippen LogP) is 25.0. The Kier molecular flexibility index (Phi) is 67.6. The molecule has 0 radical (unpaired) electrons. The Morgan fingerprint density at radius 2 is 0.412 bits per heavy atom. The molecule has 0 saturated heterocycles. The fraction of sp³-hybridized carbons (Fsp3) is 0.905. The van der Waals surface area contributed by atoms with Gasteiger partial charge in [0.05, 0.1) is 0 Å². The van der Waals surface area contributed by atoms with E-state index in [4.69, 9.17) is 14.2 Å². The van der Waals surface area contributed by atoms with Gasteiger partial charge in [-0.2, -0.15) is 0 Å². The number of hydrogen-bond donors (Lipinski definition) is 0. The third kappa shape index (κ3) is 66.7. The molecule has 0 amide bonds. The van der Waals surface area contributed by atoms with Crippen LogP contribution in [0, 0.1) is 0 Å². The highest BCUT2D eigenvalue weighted by atomic mass is 16.6. The van der Waals surface area contributed by atoms with Gasteiger partial charge >= 0.3 is 17.9 Å². The summed E-state index contributed by atoms with van der Waals surface area (Å²) in [6, 6.07) is 0. The summed E-state index contributed by atoms with van der Waals surface area (Å²) in [6.45, 7) is 6.69. The molecule has 0 saturated carbocycles. The summed E-state index contributed by atoms with van der Waals surface area (Å²) in [5, 5.41) is 0. The fourth-order valence-electron chi connectivity index (χ4n) is 11.2. The van der Waals surface area contributed by atoms with Gasteiger partial charge in [0.2, 0.25) is 0 Å². The maximum atomic E-state index is 12.9. The summed E-state index contributed by atoms with van der Waals surface area (Å²) in [6.07, 6.45) is 85.2. The third-order valence-corrected chi connectivity index (χ3v) is 16.7. The van der Waals surface area contributed by atoms with Crippen LogP contribution in [-0.4, -0.2) is 37.2 Å². The van der Waals surface area contributed by atoms with Crippen LogP contribution in [0.25, 0.3) is 0 Å². The molecule has 0 bridgehead atoms. The van der Waals surface area contributed by atoms with Crippen LogP contribution in [0.3, 0.4) is 0 Å². The Morgan fingerprint density at radius 1 is 0.237 bits per heavy atom. The van der Waals surface area contributed by atoms with E-state index >= 15 is 0 Å². The lowest BCUT2D eigenvalue weighted by Gasteiger charge is -2.18. The molecule has 472 valence electrons. The van der Waals surface area contributed by atoms with Crippen LogP contribution in [0.5, 0.6) is 0 Å². The highest BCUT2D eigenvalue weighted by Gasteiger charge is 2.19. The molecule has 80 heavy (non-hydrogen) atoms. The van der Waals surface area contributed by atoms with Gasteiger partial charge in [0.15, 0.2) is 6.10 Å². The number of carbonyl (C=O) groups excluding carboxylic acids is 3. The molecule has 0 rings (SSSR count). The van der Waals surface area contributed by atoms with Crippen LogP contribution in [0.1, 0.15) is 412 Å². The SMILES string of the molecule is CCCCCC/C=C\CCCCCCCC(=O)OCC(COC(=O)CCCCCCCCCCCCCCCCCCCCCCC/C=C\CCCCCCCCCC)OC(=O)CCCCCCCCCCCCCCCCCC. The zero-order valence-corrected chi connectivity index (χ0v) is 54.4. The van der Waals surface area contributed by atoms with Crippen LogP contribution in [0.15, 0.2) is 24.3 Å². The first-order valence-corrected chi connectivity index (χ1v) is 36.3. The molecule has 0 aliphatic heterocycles. The van der Waals surface area contributed by atoms with E-state index in [-0.39, 0.29) is 31.1 Å². The lowest BCUT2D eigenvalue weighted by Crippen LogP contribution is -2.30. The number of esters is 3. The highest BCUT2D eigenvalue weighted by molar-refractivity contribution is 5.71. The van der Waals surface area contributed by atoms with Crippen LogP contribution in [0.2, 0.25) is 0 Å². The van der Waals surface area contributed by atoms with Crippen molar-refractivity contribution in [2.24, 2.45) is 0 Å². The van der Waals surface area contributed by atoms with Crippen LogP contribution >= 0.6 is 0 Å². The molecule has 0 aliphatic carbocycles. The van der Waals surface area contributed by atoms with Crippen LogP contribution < -0.4 is 0 Å². The molecule has 0 N–H and O–H groups in total. The first-order chi connectivity index (χ1) is 39.5. The minimum Gasteiger partial charge on any atom is -0.462 e. The zero-order chi connectivity index (χ0) is 57.8. The van der Waals surface area contributed by atoms with E-state index < -0.39 is 6.10 Å². The Balaban J connectivity index is 4.08. The number of unbranched alkanes of at least 4 members (excludes halogenated alkanes) is 53. The number of allylic oxidation sites excluding steroid dienone is 4. The molecule has 1 unspecified atom stereocenters. The van der Waals surface area contributed by atoms with E-state index in [2.05, 4.69) is 45.1 Å². The van der Waals surface area contributed by atoms with E-state index in [9.17, 15) is 14.4 Å². The molecule has 0 aromatic carbocycles. The van der Waals surface area contributed by atoms with Crippen molar-refractivity contribution in [3.8, 4) is 0 Å². The Morgan fingerprint density at radius 3 is 0.637 bits per heavy atom. The maximum absolute atomic E-state index is 12.9. The molecule has 0 fully saturated rings. The molecule has 6 heteroatoms. The minimum atomic E-state index is -0.770. The highest BCUT2D eigenvalue weighted by Crippen LogP contribution is 2.19. The van der Waals surface area contributed by atoms with Crippen molar-refractivity contribution in [1.29, 1.82) is 0 Å². The van der Waals surface area contributed by atoms with Crippen LogP contribution in [-0.2, 0) is 28.6 Å². The average Bonchev–Trinajstić information content (AvgIpc) is 3.46. The van der Waals surface area contributed by atoms with Gasteiger partial charge in [0, 0.05) is 19.3 Å². The van der Waals surface area contributed by atoms with Gasteiger partial charge in [-0.15, -0.1) is 0 Å². The molecule has 0 heterocycles. The summed E-state index contributed by atoms with van der Waals surface area (Å²) in [4.78, 5) is 38.4. The number of rotatable bonds is 68. The summed E-state index contributed by atoms with van der Waals surface area (Å²) >= 11 is 0. The Hall–Kier alpha value is -2.11. The molecule has 0 aromatic rings.